The second-order valence-corrected chi connectivity index (χ2v) is 8.65. The molecule has 1 saturated heterocycles. The number of anilines is 4. The zero-order chi connectivity index (χ0) is 24.1. The topological polar surface area (TPSA) is 70.6 Å². The average molecular weight is 498 g/mol. The summed E-state index contributed by atoms with van der Waals surface area (Å²) in [6, 6.07) is 13.3. The van der Waals surface area contributed by atoms with Crippen LogP contribution >= 0.6 is 23.2 Å². The predicted molar refractivity (Wildman–Crippen MR) is 139 cm³/mol. The molecule has 0 saturated carbocycles. The minimum Gasteiger partial charge on any atom is -0.372 e. The van der Waals surface area contributed by atoms with Gasteiger partial charge in [0.15, 0.2) is 12.1 Å². The summed E-state index contributed by atoms with van der Waals surface area (Å²) < 4.78 is 0. The van der Waals surface area contributed by atoms with Gasteiger partial charge < -0.3 is 10.2 Å². The Morgan fingerprint density at radius 1 is 1.12 bits per heavy atom. The van der Waals surface area contributed by atoms with E-state index in [4.69, 9.17) is 28.0 Å². The quantitative estimate of drug-likeness (QED) is 0.237. The van der Waals surface area contributed by atoms with Crippen LogP contribution in [-0.2, 0) is 9.63 Å². The fraction of sp³-hybridized carbons (Fsp3) is 0.240. The van der Waals surface area contributed by atoms with Gasteiger partial charge in [-0.25, -0.2) is 10.0 Å². The molecule has 176 valence electrons. The van der Waals surface area contributed by atoms with Crippen LogP contribution in [0.4, 0.5) is 23.1 Å². The van der Waals surface area contributed by atoms with Crippen LogP contribution in [0.2, 0.25) is 10.0 Å². The Morgan fingerprint density at radius 2 is 1.79 bits per heavy atom. The molecule has 0 amide bonds. The molecular weight excluding hydrogens is 473 g/mol. The maximum Gasteiger partial charge on any atom is 0.229 e. The first-order valence-electron chi connectivity index (χ1n) is 10.9. The molecule has 4 rings (SSSR count). The van der Waals surface area contributed by atoms with E-state index < -0.39 is 0 Å². The lowest BCUT2D eigenvalue weighted by Crippen LogP contribution is -2.18. The van der Waals surface area contributed by atoms with Crippen molar-refractivity contribution < 1.29 is 9.63 Å². The Bertz CT molecular complexity index is 1170. The lowest BCUT2D eigenvalue weighted by molar-refractivity contribution is -0.103. The van der Waals surface area contributed by atoms with Crippen molar-refractivity contribution in [2.45, 2.75) is 12.8 Å². The fourth-order valence-corrected chi connectivity index (χ4v) is 4.46. The van der Waals surface area contributed by atoms with Gasteiger partial charge in [-0.1, -0.05) is 29.3 Å². The molecule has 9 heteroatoms. The highest BCUT2D eigenvalue weighted by Gasteiger charge is 2.16. The summed E-state index contributed by atoms with van der Waals surface area (Å²) in [5, 5.41) is 5.48. The molecule has 1 fully saturated rings. The average Bonchev–Trinajstić information content (AvgIpc) is 3.39. The second-order valence-electron chi connectivity index (χ2n) is 7.83. The lowest BCUT2D eigenvalue weighted by Gasteiger charge is -2.19. The van der Waals surface area contributed by atoms with Crippen LogP contribution in [0.5, 0.6) is 0 Å². The van der Waals surface area contributed by atoms with Gasteiger partial charge in [0.2, 0.25) is 5.95 Å². The van der Waals surface area contributed by atoms with E-state index in [-0.39, 0.29) is 0 Å². The van der Waals surface area contributed by atoms with Gasteiger partial charge in [-0.3, -0.25) is 9.63 Å². The number of halogens is 2. The number of hydrogen-bond donors (Lipinski definition) is 1. The van der Waals surface area contributed by atoms with Gasteiger partial charge in [-0.2, -0.15) is 4.98 Å². The molecule has 1 aliphatic rings. The Morgan fingerprint density at radius 3 is 2.41 bits per heavy atom. The number of rotatable bonds is 8. The van der Waals surface area contributed by atoms with E-state index in [1.54, 1.807) is 37.5 Å². The number of allylic oxidation sites excluding steroid dienone is 1. The molecule has 0 bridgehead atoms. The van der Waals surface area contributed by atoms with Crippen LogP contribution in [-0.4, -0.2) is 43.5 Å². The summed E-state index contributed by atoms with van der Waals surface area (Å²) >= 11 is 12.6. The first-order valence-corrected chi connectivity index (χ1v) is 11.6. The molecule has 34 heavy (non-hydrogen) atoms. The van der Waals surface area contributed by atoms with Crippen molar-refractivity contribution in [3.8, 4) is 0 Å². The third-order valence-corrected chi connectivity index (χ3v) is 6.28. The van der Waals surface area contributed by atoms with Crippen molar-refractivity contribution in [3.63, 3.8) is 0 Å². The Hall–Kier alpha value is -3.13. The highest BCUT2D eigenvalue weighted by atomic mass is 35.5. The minimum absolute atomic E-state index is 0.308. The van der Waals surface area contributed by atoms with Crippen molar-refractivity contribution >= 4 is 64.3 Å². The van der Waals surface area contributed by atoms with Crippen molar-refractivity contribution in [1.82, 2.24) is 9.97 Å². The highest BCUT2D eigenvalue weighted by molar-refractivity contribution is 6.40. The number of carbonyl (C=O) groups excluding carboxylic acids is 1. The molecule has 1 aliphatic heterocycles. The molecule has 3 aromatic rings. The van der Waals surface area contributed by atoms with E-state index in [1.807, 2.05) is 12.1 Å². The molecular formula is C25H25Cl2N5O2. The number of aromatic nitrogens is 2. The number of benzene rings is 2. The van der Waals surface area contributed by atoms with E-state index in [0.717, 1.165) is 18.8 Å². The number of nitrogens with zero attached hydrogens (tertiary/aromatic N) is 4. The lowest BCUT2D eigenvalue weighted by atomic mass is 10.0. The van der Waals surface area contributed by atoms with Gasteiger partial charge in [-0.05, 0) is 55.3 Å². The zero-order valence-corrected chi connectivity index (χ0v) is 20.5. The number of hydrogen-bond acceptors (Lipinski definition) is 7. The molecule has 1 N–H and O–H groups in total. The molecule has 0 aliphatic carbocycles. The Kier molecular flexibility index (Phi) is 7.67. The Balaban J connectivity index is 1.63. The normalized spacial score (nSPS) is 13.8. The summed E-state index contributed by atoms with van der Waals surface area (Å²) in [6.45, 7) is 2.19. The molecule has 0 radical (unpaired) electrons. The van der Waals surface area contributed by atoms with Gasteiger partial charge in [0.1, 0.15) is 0 Å². The third-order valence-electron chi connectivity index (χ3n) is 5.65. The first-order chi connectivity index (χ1) is 16.5. The predicted octanol–water partition coefficient (Wildman–Crippen LogP) is 5.86. The molecule has 7 nitrogen and oxygen atoms in total. The first kappa shape index (κ1) is 24.0. The summed E-state index contributed by atoms with van der Waals surface area (Å²) in [5.41, 5.74) is 3.41. The fourth-order valence-electron chi connectivity index (χ4n) is 3.85. The molecule has 2 aromatic carbocycles. The maximum absolute atomic E-state index is 11.9. The molecule has 1 aromatic heterocycles. The van der Waals surface area contributed by atoms with Gasteiger partial charge in [0.05, 0.1) is 17.2 Å². The smallest absolute Gasteiger partial charge is 0.229 e. The zero-order valence-electron chi connectivity index (χ0n) is 19.0. The third kappa shape index (κ3) is 5.33. The van der Waals surface area contributed by atoms with E-state index in [2.05, 4.69) is 32.3 Å². The van der Waals surface area contributed by atoms with Crippen LogP contribution in [0.25, 0.3) is 11.6 Å². The van der Waals surface area contributed by atoms with Gasteiger partial charge in [0, 0.05) is 54.4 Å². The van der Waals surface area contributed by atoms with Crippen LogP contribution in [0.15, 0.2) is 48.7 Å². The molecule has 0 spiro atoms. The second kappa shape index (κ2) is 10.9. The van der Waals surface area contributed by atoms with Gasteiger partial charge >= 0.3 is 0 Å². The van der Waals surface area contributed by atoms with Gasteiger partial charge in [0.25, 0.3) is 0 Å². The van der Waals surface area contributed by atoms with E-state index in [9.17, 15) is 4.79 Å². The number of hydroxylamine groups is 1. The summed E-state index contributed by atoms with van der Waals surface area (Å²) in [4.78, 5) is 28.7. The number of aldehydes is 1. The molecule has 0 unspecified atom stereocenters. The van der Waals surface area contributed by atoms with E-state index in [1.165, 1.54) is 30.7 Å². The van der Waals surface area contributed by atoms with Crippen molar-refractivity contribution in [1.29, 1.82) is 0 Å². The maximum atomic E-state index is 11.9. The SMILES string of the molecule is CON(C)c1nc(Nc2ccc(N3CCCC3)cc2)ncc1/C=C(\C=O)c1c(Cl)cccc1Cl. The number of nitrogens with one attached hydrogen (secondary N) is 1. The summed E-state index contributed by atoms with van der Waals surface area (Å²) in [5.74, 6) is 0.865. The minimum atomic E-state index is 0.308. The molecule has 0 atom stereocenters. The summed E-state index contributed by atoms with van der Waals surface area (Å²) in [7, 11) is 3.25. The monoisotopic (exact) mass is 497 g/mol. The highest BCUT2D eigenvalue weighted by Crippen LogP contribution is 2.33. The van der Waals surface area contributed by atoms with Crippen molar-refractivity contribution in [2.24, 2.45) is 0 Å². The van der Waals surface area contributed by atoms with Gasteiger partial charge in [-0.15, -0.1) is 0 Å². The summed E-state index contributed by atoms with van der Waals surface area (Å²) in [6.07, 6.45) is 6.43. The van der Waals surface area contributed by atoms with Crippen LogP contribution in [0.3, 0.4) is 0 Å². The van der Waals surface area contributed by atoms with E-state index in [0.29, 0.717) is 44.8 Å². The van der Waals surface area contributed by atoms with Crippen LogP contribution in [0.1, 0.15) is 24.0 Å². The molecule has 2 heterocycles. The largest absolute Gasteiger partial charge is 0.372 e. The van der Waals surface area contributed by atoms with Crippen molar-refractivity contribution in [2.75, 3.05) is 42.5 Å². The van der Waals surface area contributed by atoms with Crippen LogP contribution in [0, 0.1) is 0 Å². The Labute approximate surface area is 208 Å². The number of carbonyl (C=O) groups is 1. The van der Waals surface area contributed by atoms with Crippen molar-refractivity contribution in [3.05, 3.63) is 69.8 Å². The van der Waals surface area contributed by atoms with E-state index >= 15 is 0 Å². The standard InChI is InChI=1S/C25H25Cl2N5O2/c1-31(34-2)24-17(14-18(16-33)23-21(26)6-5-7-22(23)27)15-28-25(30-24)29-19-8-10-20(11-9-19)32-12-3-4-13-32/h5-11,14-16H,3-4,12-13H2,1-2H3,(H,28,29,30)/b18-14+. The van der Waals surface area contributed by atoms with Crippen LogP contribution < -0.4 is 15.3 Å².